The van der Waals surface area contributed by atoms with Crippen LogP contribution >= 0.6 is 0 Å². The molecule has 0 aliphatic carbocycles. The van der Waals surface area contributed by atoms with E-state index in [4.69, 9.17) is 4.52 Å². The van der Waals surface area contributed by atoms with Gasteiger partial charge < -0.3 is 9.42 Å². The topological polar surface area (TPSA) is 82.1 Å². The van der Waals surface area contributed by atoms with Crippen LogP contribution in [0.4, 0.5) is 5.82 Å². The Balaban J connectivity index is 1.64. The number of anilines is 1. The van der Waals surface area contributed by atoms with Gasteiger partial charge in [-0.2, -0.15) is 10.2 Å². The van der Waals surface area contributed by atoms with Crippen molar-refractivity contribution in [1.82, 2.24) is 20.0 Å². The molecule has 0 amide bonds. The van der Waals surface area contributed by atoms with Crippen molar-refractivity contribution < 1.29 is 4.52 Å². The summed E-state index contributed by atoms with van der Waals surface area (Å²) in [5, 5.41) is 13.3. The smallest absolute Gasteiger partial charge is 0.226 e. The Kier molecular flexibility index (Phi) is 4.83. The summed E-state index contributed by atoms with van der Waals surface area (Å²) < 4.78 is 5.16. The molecule has 0 atom stereocenters. The molecule has 1 aliphatic heterocycles. The van der Waals surface area contributed by atoms with E-state index >= 15 is 0 Å². The lowest BCUT2D eigenvalue weighted by Crippen LogP contribution is -2.31. The summed E-state index contributed by atoms with van der Waals surface area (Å²) in [5.74, 6) is 2.21. The van der Waals surface area contributed by atoms with Crippen LogP contribution < -0.4 is 4.90 Å². The van der Waals surface area contributed by atoms with Gasteiger partial charge in [0.25, 0.3) is 0 Å². The van der Waals surface area contributed by atoms with Crippen LogP contribution in [0.3, 0.4) is 0 Å². The second-order valence-electron chi connectivity index (χ2n) is 5.56. The Morgan fingerprint density at radius 1 is 1.30 bits per heavy atom. The molecule has 3 rings (SSSR count). The predicted octanol–water partition coefficient (Wildman–Crippen LogP) is 1.61. The van der Waals surface area contributed by atoms with Gasteiger partial charge in [-0.25, -0.2) is 4.98 Å². The number of nitriles is 1. The van der Waals surface area contributed by atoms with Crippen LogP contribution in [0, 0.1) is 11.3 Å². The summed E-state index contributed by atoms with van der Waals surface area (Å²) in [7, 11) is 0. The van der Waals surface area contributed by atoms with Crippen LogP contribution in [0.5, 0.6) is 0 Å². The van der Waals surface area contributed by atoms with Crippen molar-refractivity contribution in [3.05, 3.63) is 35.6 Å². The first-order valence-electron chi connectivity index (χ1n) is 7.94. The lowest BCUT2D eigenvalue weighted by atomic mass is 10.2. The predicted molar refractivity (Wildman–Crippen MR) is 84.7 cm³/mol. The molecular weight excluding hydrogens is 292 g/mol. The van der Waals surface area contributed by atoms with Gasteiger partial charge in [0.1, 0.15) is 11.9 Å². The number of nitrogens with zero attached hydrogens (tertiary/aromatic N) is 6. The van der Waals surface area contributed by atoms with E-state index in [1.54, 1.807) is 12.3 Å². The summed E-state index contributed by atoms with van der Waals surface area (Å²) >= 11 is 0. The van der Waals surface area contributed by atoms with E-state index < -0.39 is 0 Å². The van der Waals surface area contributed by atoms with Crippen molar-refractivity contribution in [1.29, 1.82) is 5.26 Å². The Morgan fingerprint density at radius 3 is 3.00 bits per heavy atom. The minimum Gasteiger partial charge on any atom is -0.354 e. The highest BCUT2D eigenvalue weighted by molar-refractivity contribution is 5.53. The SMILES string of the molecule is CCc1nc(CN2CCCN(c3ncccc3C#N)CC2)no1. The first-order chi connectivity index (χ1) is 11.3. The molecule has 0 spiro atoms. The average molecular weight is 312 g/mol. The number of aromatic nitrogens is 3. The molecule has 0 radical (unpaired) electrons. The Bertz CT molecular complexity index is 692. The van der Waals surface area contributed by atoms with Crippen LogP contribution in [-0.2, 0) is 13.0 Å². The van der Waals surface area contributed by atoms with Gasteiger partial charge in [-0.15, -0.1) is 0 Å². The summed E-state index contributed by atoms with van der Waals surface area (Å²) in [6, 6.07) is 5.84. The molecule has 120 valence electrons. The molecule has 1 aliphatic rings. The van der Waals surface area contributed by atoms with Crippen molar-refractivity contribution in [2.24, 2.45) is 0 Å². The largest absolute Gasteiger partial charge is 0.354 e. The minimum atomic E-state index is 0.631. The monoisotopic (exact) mass is 312 g/mol. The van der Waals surface area contributed by atoms with Crippen molar-refractivity contribution in [2.45, 2.75) is 26.3 Å². The van der Waals surface area contributed by atoms with E-state index in [0.717, 1.165) is 50.7 Å². The molecule has 23 heavy (non-hydrogen) atoms. The maximum absolute atomic E-state index is 9.24. The zero-order valence-corrected chi connectivity index (χ0v) is 13.3. The maximum Gasteiger partial charge on any atom is 0.226 e. The fourth-order valence-corrected chi connectivity index (χ4v) is 2.78. The van der Waals surface area contributed by atoms with Gasteiger partial charge in [0, 0.05) is 38.8 Å². The van der Waals surface area contributed by atoms with Gasteiger partial charge in [-0.1, -0.05) is 12.1 Å². The number of aryl methyl sites for hydroxylation is 1. The van der Waals surface area contributed by atoms with Crippen LogP contribution in [-0.4, -0.2) is 46.2 Å². The lowest BCUT2D eigenvalue weighted by Gasteiger charge is -2.22. The highest BCUT2D eigenvalue weighted by Crippen LogP contribution is 2.18. The molecule has 1 saturated heterocycles. The number of hydrogen-bond acceptors (Lipinski definition) is 7. The third kappa shape index (κ3) is 3.66. The van der Waals surface area contributed by atoms with Gasteiger partial charge in [-0.3, -0.25) is 4.90 Å². The van der Waals surface area contributed by atoms with Crippen molar-refractivity contribution in [3.8, 4) is 6.07 Å². The third-order valence-electron chi connectivity index (χ3n) is 3.97. The van der Waals surface area contributed by atoms with Crippen LogP contribution in [0.1, 0.15) is 30.6 Å². The molecule has 0 aromatic carbocycles. The number of hydrogen-bond donors (Lipinski definition) is 0. The van der Waals surface area contributed by atoms with E-state index in [2.05, 4.69) is 31.0 Å². The molecule has 7 heteroatoms. The molecule has 2 aromatic heterocycles. The first-order valence-corrected chi connectivity index (χ1v) is 7.94. The van der Waals surface area contributed by atoms with Crippen molar-refractivity contribution in [2.75, 3.05) is 31.1 Å². The lowest BCUT2D eigenvalue weighted by molar-refractivity contribution is 0.271. The zero-order chi connectivity index (χ0) is 16.1. The van der Waals surface area contributed by atoms with E-state index in [1.807, 2.05) is 13.0 Å². The number of rotatable bonds is 4. The standard InChI is InChI=1S/C16H20N6O/c1-2-15-19-14(20-23-15)12-21-7-4-8-22(10-9-21)16-13(11-17)5-3-6-18-16/h3,5-6H,2,4,7-10,12H2,1H3. The second kappa shape index (κ2) is 7.20. The van der Waals surface area contributed by atoms with E-state index in [-0.39, 0.29) is 0 Å². The zero-order valence-electron chi connectivity index (χ0n) is 13.3. The Morgan fingerprint density at radius 2 is 2.22 bits per heavy atom. The van der Waals surface area contributed by atoms with Crippen LogP contribution in [0.2, 0.25) is 0 Å². The molecule has 7 nitrogen and oxygen atoms in total. The molecule has 0 bridgehead atoms. The fraction of sp³-hybridized carbons (Fsp3) is 0.500. The molecule has 0 unspecified atom stereocenters. The van der Waals surface area contributed by atoms with Gasteiger partial charge >= 0.3 is 0 Å². The van der Waals surface area contributed by atoms with E-state index in [9.17, 15) is 5.26 Å². The fourth-order valence-electron chi connectivity index (χ4n) is 2.78. The highest BCUT2D eigenvalue weighted by Gasteiger charge is 2.19. The summed E-state index contributed by atoms with van der Waals surface area (Å²) in [6.07, 6.45) is 3.52. The number of pyridine rings is 1. The van der Waals surface area contributed by atoms with E-state index in [0.29, 0.717) is 18.0 Å². The normalized spacial score (nSPS) is 16.1. The van der Waals surface area contributed by atoms with Crippen LogP contribution in [0.25, 0.3) is 0 Å². The highest BCUT2D eigenvalue weighted by atomic mass is 16.5. The van der Waals surface area contributed by atoms with E-state index in [1.165, 1.54) is 0 Å². The maximum atomic E-state index is 9.24. The molecule has 2 aromatic rings. The third-order valence-corrected chi connectivity index (χ3v) is 3.97. The van der Waals surface area contributed by atoms with Gasteiger partial charge in [0.05, 0.1) is 12.1 Å². The van der Waals surface area contributed by atoms with Gasteiger partial charge in [-0.05, 0) is 18.6 Å². The van der Waals surface area contributed by atoms with Crippen LogP contribution in [0.15, 0.2) is 22.9 Å². The van der Waals surface area contributed by atoms with Crippen molar-refractivity contribution >= 4 is 5.82 Å². The minimum absolute atomic E-state index is 0.631. The van der Waals surface area contributed by atoms with Crippen molar-refractivity contribution in [3.63, 3.8) is 0 Å². The molecule has 0 N–H and O–H groups in total. The molecular formula is C16H20N6O. The molecule has 3 heterocycles. The Hall–Kier alpha value is -2.46. The first kappa shape index (κ1) is 15.4. The Labute approximate surface area is 135 Å². The molecule has 0 saturated carbocycles. The average Bonchev–Trinajstić information content (AvgIpc) is 2.92. The quantitative estimate of drug-likeness (QED) is 0.848. The van der Waals surface area contributed by atoms with Gasteiger partial charge in [0.15, 0.2) is 5.82 Å². The molecule has 1 fully saturated rings. The summed E-state index contributed by atoms with van der Waals surface area (Å²) in [4.78, 5) is 13.3. The van der Waals surface area contributed by atoms with Gasteiger partial charge in [0.2, 0.25) is 5.89 Å². The summed E-state index contributed by atoms with van der Waals surface area (Å²) in [5.41, 5.74) is 0.631. The second-order valence-corrected chi connectivity index (χ2v) is 5.56. The summed E-state index contributed by atoms with van der Waals surface area (Å²) in [6.45, 7) is 6.29.